The number of carbonyl (C=O) groups excluding carboxylic acids is 7. The van der Waals surface area contributed by atoms with Crippen LogP contribution in [0, 0.1) is 5.92 Å². The Bertz CT molecular complexity index is 2210. The summed E-state index contributed by atoms with van der Waals surface area (Å²) in [6, 6.07) is -1.40. The highest BCUT2D eigenvalue weighted by Crippen LogP contribution is 2.32. The van der Waals surface area contributed by atoms with Gasteiger partial charge in [-0.05, 0) is 26.2 Å². The normalized spacial score (nSPS) is 33.7. The van der Waals surface area contributed by atoms with Gasteiger partial charge in [-0.3, -0.25) is 28.8 Å². The molecule has 5 fully saturated rings. The summed E-state index contributed by atoms with van der Waals surface area (Å²) in [5, 5.41) is 144. The average molecular weight is 1300 g/mol. The van der Waals surface area contributed by atoms with Crippen LogP contribution < -0.4 is 16.0 Å². The lowest BCUT2D eigenvalue weighted by molar-refractivity contribution is -0.366. The van der Waals surface area contributed by atoms with Crippen LogP contribution in [0.15, 0.2) is 0 Å². The molecule has 518 valence electrons. The van der Waals surface area contributed by atoms with E-state index in [4.69, 9.17) is 42.7 Å². The fourth-order valence-electron chi connectivity index (χ4n) is 10.8. The molecule has 5 amide bonds. The maximum Gasteiger partial charge on any atom is 0.333 e. The average Bonchev–Trinajstić information content (AvgIpc) is 1.45. The van der Waals surface area contributed by atoms with E-state index < -0.39 is 222 Å². The van der Waals surface area contributed by atoms with Gasteiger partial charge in [-0.25, -0.2) is 4.79 Å². The third-order valence-electron chi connectivity index (χ3n) is 16.4. The van der Waals surface area contributed by atoms with E-state index in [1.54, 1.807) is 0 Å². The van der Waals surface area contributed by atoms with Gasteiger partial charge in [-0.1, -0.05) is 71.1 Å². The number of hydrogen-bond donors (Lipinski definition) is 16. The third kappa shape index (κ3) is 22.8. The summed E-state index contributed by atoms with van der Waals surface area (Å²) in [5.74, 6) is -6.63. The van der Waals surface area contributed by atoms with Crippen LogP contribution in [0.5, 0.6) is 0 Å². The maximum atomic E-state index is 14.3. The number of nitrogens with one attached hydrogen (secondary N) is 3. The number of aliphatic hydroxyl groups is 13. The molecule has 0 spiro atoms. The predicted octanol–water partition coefficient (Wildman–Crippen LogP) is -5.54. The molecule has 90 heavy (non-hydrogen) atoms. The van der Waals surface area contributed by atoms with Crippen LogP contribution in [0.4, 0.5) is 0 Å². The topological polar surface area (TPSA) is 505 Å². The molecule has 22 atom stereocenters. The Balaban J connectivity index is 1.24. The fourth-order valence-corrected chi connectivity index (χ4v) is 10.8. The molecule has 0 aromatic carbocycles. The van der Waals surface area contributed by atoms with Gasteiger partial charge in [0.05, 0.1) is 51.6 Å². The van der Waals surface area contributed by atoms with Crippen LogP contribution in [-0.4, -0.2) is 288 Å². The van der Waals surface area contributed by atoms with Crippen molar-refractivity contribution in [1.82, 2.24) is 21.0 Å². The van der Waals surface area contributed by atoms with Gasteiger partial charge >= 0.3 is 5.97 Å². The van der Waals surface area contributed by atoms with Gasteiger partial charge < -0.3 is 125 Å². The molecule has 5 rings (SSSR count). The zero-order chi connectivity index (χ0) is 66.2. The zero-order valence-corrected chi connectivity index (χ0v) is 50.9. The number of imide groups is 1. The number of hydrogen-bond acceptors (Lipinski definition) is 29. The molecule has 5 aliphatic rings. The van der Waals surface area contributed by atoms with Crippen LogP contribution in [0.1, 0.15) is 136 Å². The molecule has 0 aromatic heterocycles. The minimum atomic E-state index is -2.01. The highest BCUT2D eigenvalue weighted by atomic mass is 16.8. The molecule has 33 heteroatoms. The van der Waals surface area contributed by atoms with Crippen LogP contribution in [0.3, 0.4) is 0 Å². The van der Waals surface area contributed by atoms with Crippen molar-refractivity contribution < 1.29 is 143 Å². The van der Waals surface area contributed by atoms with Crippen molar-refractivity contribution in [2.24, 2.45) is 5.92 Å². The predicted molar refractivity (Wildman–Crippen MR) is 301 cm³/mol. The Morgan fingerprint density at radius 2 is 1.03 bits per heavy atom. The number of Topliss-reactive ketones (excluding diaryl/α,β-unsaturated/α-hetero) is 1. The number of hydroxylamine groups is 2. The Labute approximate surface area is 520 Å². The summed E-state index contributed by atoms with van der Waals surface area (Å²) in [6.07, 6.45) is -25.4. The fraction of sp³-hybridized carbons (Fsp3) is 0.877. The van der Waals surface area contributed by atoms with Crippen molar-refractivity contribution in [1.29, 1.82) is 0 Å². The van der Waals surface area contributed by atoms with Crippen molar-refractivity contribution in [3.8, 4) is 0 Å². The number of ketones is 1. The molecule has 0 radical (unpaired) electrons. The molecule has 0 aromatic rings. The molecule has 0 bridgehead atoms. The van der Waals surface area contributed by atoms with E-state index in [0.717, 1.165) is 38.5 Å². The maximum absolute atomic E-state index is 14.3. The summed E-state index contributed by atoms with van der Waals surface area (Å²) in [7, 11) is 0. The molecule has 5 heterocycles. The molecular weight excluding hydrogens is 1200 g/mol. The van der Waals surface area contributed by atoms with Gasteiger partial charge in [0, 0.05) is 51.1 Å². The van der Waals surface area contributed by atoms with E-state index in [2.05, 4.69) is 22.9 Å². The Morgan fingerprint density at radius 3 is 1.61 bits per heavy atom. The van der Waals surface area contributed by atoms with Crippen molar-refractivity contribution >= 4 is 41.3 Å². The smallest absolute Gasteiger partial charge is 0.333 e. The van der Waals surface area contributed by atoms with Crippen LogP contribution in [0.25, 0.3) is 0 Å². The van der Waals surface area contributed by atoms with Crippen molar-refractivity contribution in [3.05, 3.63) is 0 Å². The quantitative estimate of drug-likeness (QED) is 0.0202. The van der Waals surface area contributed by atoms with Crippen LogP contribution in [0.2, 0.25) is 0 Å². The lowest BCUT2D eigenvalue weighted by atomic mass is 9.91. The van der Waals surface area contributed by atoms with E-state index in [-0.39, 0.29) is 51.8 Å². The van der Waals surface area contributed by atoms with Gasteiger partial charge in [-0.2, -0.15) is 0 Å². The van der Waals surface area contributed by atoms with Gasteiger partial charge in [-0.15, -0.1) is 5.06 Å². The van der Waals surface area contributed by atoms with Gasteiger partial charge in [0.2, 0.25) is 17.7 Å². The molecule has 16 N–H and O–H groups in total. The number of nitrogens with zero attached hydrogens (tertiary/aromatic N) is 1. The van der Waals surface area contributed by atoms with E-state index in [0.29, 0.717) is 11.5 Å². The second-order valence-electron chi connectivity index (χ2n) is 23.3. The first-order valence-electron chi connectivity index (χ1n) is 31.2. The molecule has 5 aliphatic heterocycles. The van der Waals surface area contributed by atoms with Gasteiger partial charge in [0.15, 0.2) is 30.9 Å². The van der Waals surface area contributed by atoms with Crippen molar-refractivity contribution in [2.75, 3.05) is 46.1 Å². The summed E-state index contributed by atoms with van der Waals surface area (Å²) in [6.45, 7) is -0.237. The first-order chi connectivity index (χ1) is 42.9. The lowest BCUT2D eigenvalue weighted by Crippen LogP contribution is -2.65. The second-order valence-corrected chi connectivity index (χ2v) is 23.3. The van der Waals surface area contributed by atoms with E-state index >= 15 is 0 Å². The second kappa shape index (κ2) is 38.9. The SMILES string of the molecule is CCCCCCCCCCCCCC(=O)N[C@@H](CCC(=O)ON1C(=O)CCC1=O)C(=O)C[C@@H](CCC(=O)NCCO[C@H]1O[C@H](CO[C@H]2O[C@H](CO)[C@@H](O)[C@H](O)[C@@H]2O)[C@@H](O)[C@H](O[C@H]2O[C@H](CO)[C@@H](O)[C@H](O)[C@@H]2O)[C@@H]1O)C(=O)NCCO[C@@H]1O[C@@H](C)[C@@H](O)[C@@H](O)[C@@H]1O. The minimum Gasteiger partial charge on any atom is -0.394 e. The van der Waals surface area contributed by atoms with Crippen molar-refractivity contribution in [2.45, 2.75) is 265 Å². The summed E-state index contributed by atoms with van der Waals surface area (Å²) < 4.78 is 44.6. The Hall–Kier alpha value is -4.15. The first-order valence-corrected chi connectivity index (χ1v) is 31.2. The Kier molecular flexibility index (Phi) is 33.1. The largest absolute Gasteiger partial charge is 0.394 e. The summed E-state index contributed by atoms with van der Waals surface area (Å²) >= 11 is 0. The Morgan fingerprint density at radius 1 is 0.533 bits per heavy atom. The number of unbranched alkanes of at least 4 members (excludes halogenated alkanes) is 10. The minimum absolute atomic E-state index is 0.0227. The monoisotopic (exact) mass is 1300 g/mol. The highest BCUT2D eigenvalue weighted by Gasteiger charge is 2.52. The number of aliphatic hydroxyl groups excluding tert-OH is 13. The van der Waals surface area contributed by atoms with E-state index in [1.165, 1.54) is 32.6 Å². The third-order valence-corrected chi connectivity index (χ3v) is 16.4. The highest BCUT2D eigenvalue weighted by molar-refractivity contribution is 6.01. The van der Waals surface area contributed by atoms with Crippen LogP contribution >= 0.6 is 0 Å². The van der Waals surface area contributed by atoms with Gasteiger partial charge in [0.1, 0.15) is 91.6 Å². The molecular formula is C57H96N4O29. The lowest BCUT2D eigenvalue weighted by Gasteiger charge is -2.46. The summed E-state index contributed by atoms with van der Waals surface area (Å²) in [5.41, 5.74) is 0. The molecule has 0 saturated carbocycles. The van der Waals surface area contributed by atoms with Gasteiger partial charge in [0.25, 0.3) is 11.8 Å². The molecule has 5 saturated heterocycles. The van der Waals surface area contributed by atoms with Crippen LogP contribution in [-0.2, 0) is 76.3 Å². The number of carbonyl (C=O) groups is 7. The van der Waals surface area contributed by atoms with E-state index in [1.807, 2.05) is 0 Å². The standard InChI is InChI=1S/C57H96N4O29/c1-3-4-5-6-7-8-9-10-11-12-13-14-37(66)60-31(16-20-40(69)90-61-38(67)18-19-39(61)68)32(64)25-30(53(81)59-22-24-82-54-48(77)45(74)41(70)29(2)85-54)15-17-36(65)58-21-23-83-56-51(80)52(89-57-50(79)47(76)43(72)34(27-63)87-57)44(73)35(88-56)28-84-55-49(78)46(75)42(71)33(26-62)86-55/h29-31,33-35,41-52,54-57,62-63,70-80H,3-28H2,1-2H3,(H,58,65)(H,59,81)(H,60,66)/t29-,30+,31-,33+,34+,35+,41+,42+,43+,44+,45+,46-,47-,48-,49-,50-,51-,52-,54+,55-,56-,57+/m0/s1. The first kappa shape index (κ1) is 76.6. The molecule has 33 nitrogen and oxygen atoms in total. The van der Waals surface area contributed by atoms with Crippen molar-refractivity contribution in [3.63, 3.8) is 0 Å². The zero-order valence-electron chi connectivity index (χ0n) is 50.9. The number of rotatable bonds is 39. The molecule has 0 unspecified atom stereocenters. The van der Waals surface area contributed by atoms with E-state index in [9.17, 15) is 99.9 Å². The summed E-state index contributed by atoms with van der Waals surface area (Å²) in [4.78, 5) is 97.4. The molecule has 0 aliphatic carbocycles. The number of ether oxygens (including phenoxy) is 8. The number of amides is 5.